The largest absolute Gasteiger partial charge is 0.486 e. The quantitative estimate of drug-likeness (QED) is 0.695. The molecule has 2 amide bonds. The van der Waals surface area contributed by atoms with Gasteiger partial charge in [-0.25, -0.2) is 14.2 Å². The highest BCUT2D eigenvalue weighted by atomic mass is 19.1. The van der Waals surface area contributed by atoms with Gasteiger partial charge in [0.2, 0.25) is 0 Å². The first-order valence-corrected chi connectivity index (χ1v) is 9.26. The van der Waals surface area contributed by atoms with Gasteiger partial charge in [0, 0.05) is 26.0 Å². The highest BCUT2D eigenvalue weighted by Gasteiger charge is 2.21. The molecule has 0 aliphatic carbocycles. The van der Waals surface area contributed by atoms with Crippen LogP contribution in [0.4, 0.5) is 9.18 Å². The number of rotatable bonds is 5. The highest BCUT2D eigenvalue weighted by molar-refractivity contribution is 5.75. The number of carbonyl (C=O) groups is 1. The number of hydrogen-bond donors (Lipinski definition) is 2. The van der Waals surface area contributed by atoms with Crippen molar-refractivity contribution in [3.63, 3.8) is 0 Å². The van der Waals surface area contributed by atoms with Crippen molar-refractivity contribution in [1.82, 2.24) is 20.2 Å². The maximum absolute atomic E-state index is 13.3. The minimum absolute atomic E-state index is 0.319. The van der Waals surface area contributed by atoms with E-state index in [1.54, 1.807) is 24.5 Å². The van der Waals surface area contributed by atoms with Gasteiger partial charge in [-0.1, -0.05) is 18.2 Å². The number of carbonyl (C=O) groups excluding carboxylic acids is 1. The van der Waals surface area contributed by atoms with Crippen molar-refractivity contribution in [3.05, 3.63) is 77.6 Å². The van der Waals surface area contributed by atoms with Gasteiger partial charge < -0.3 is 24.7 Å². The Hall–Kier alpha value is -3.55. The Morgan fingerprint density at radius 1 is 1.17 bits per heavy atom. The molecule has 1 aromatic heterocycles. The number of hydrogen-bond acceptors (Lipinski definition) is 4. The van der Waals surface area contributed by atoms with E-state index < -0.39 is 6.04 Å². The van der Waals surface area contributed by atoms with Crippen LogP contribution in [0.5, 0.6) is 11.5 Å². The number of ether oxygens (including phenoxy) is 2. The van der Waals surface area contributed by atoms with Gasteiger partial charge in [-0.05, 0) is 35.4 Å². The lowest BCUT2D eigenvalue weighted by molar-refractivity contribution is 0.171. The Morgan fingerprint density at radius 2 is 1.93 bits per heavy atom. The SMILES string of the molecule is Cn1ccnc1[C@H](NC(=O)NCc1ccc2c(c1)OCCO2)c1ccc(F)cc1. The predicted molar refractivity (Wildman–Crippen MR) is 104 cm³/mol. The van der Waals surface area contributed by atoms with Gasteiger partial charge in [-0.2, -0.15) is 0 Å². The molecular weight excluding hydrogens is 375 g/mol. The van der Waals surface area contributed by atoms with Crippen LogP contribution in [0, 0.1) is 5.82 Å². The number of aromatic nitrogens is 2. The molecule has 0 bridgehead atoms. The zero-order valence-electron chi connectivity index (χ0n) is 15.9. The summed E-state index contributed by atoms with van der Waals surface area (Å²) >= 11 is 0. The van der Waals surface area contributed by atoms with Crippen molar-refractivity contribution in [1.29, 1.82) is 0 Å². The standard InChI is InChI=1S/C21H21FN4O3/c1-26-9-8-23-20(26)19(15-3-5-16(22)6-4-15)25-21(27)24-13-14-2-7-17-18(12-14)29-11-10-28-17/h2-9,12,19H,10-11,13H2,1H3,(H2,24,25,27)/t19-/m1/s1. The summed E-state index contributed by atoms with van der Waals surface area (Å²) in [5, 5.41) is 5.76. The molecule has 0 saturated heterocycles. The van der Waals surface area contributed by atoms with E-state index in [9.17, 15) is 9.18 Å². The molecule has 0 spiro atoms. The Labute approximate surface area is 167 Å². The molecule has 0 radical (unpaired) electrons. The monoisotopic (exact) mass is 396 g/mol. The molecule has 4 rings (SSSR count). The Bertz CT molecular complexity index is 1000. The molecule has 7 nitrogen and oxygen atoms in total. The first-order chi connectivity index (χ1) is 14.1. The Morgan fingerprint density at radius 3 is 2.66 bits per heavy atom. The number of imidazole rings is 1. The molecular formula is C21H21FN4O3. The summed E-state index contributed by atoms with van der Waals surface area (Å²) < 4.78 is 26.2. The minimum atomic E-state index is -0.518. The fourth-order valence-corrected chi connectivity index (χ4v) is 3.17. The number of benzene rings is 2. The second-order valence-corrected chi connectivity index (χ2v) is 6.69. The van der Waals surface area contributed by atoms with E-state index in [0.717, 1.165) is 11.1 Å². The molecule has 8 heteroatoms. The van der Waals surface area contributed by atoms with Gasteiger partial charge in [0.25, 0.3) is 0 Å². The third-order valence-electron chi connectivity index (χ3n) is 4.66. The molecule has 0 unspecified atom stereocenters. The number of aryl methyl sites for hydroxylation is 1. The van der Waals surface area contributed by atoms with Crippen molar-refractivity contribution in [2.24, 2.45) is 7.05 Å². The van der Waals surface area contributed by atoms with Crippen molar-refractivity contribution >= 4 is 6.03 Å². The van der Waals surface area contributed by atoms with Gasteiger partial charge in [0.1, 0.15) is 30.9 Å². The predicted octanol–water partition coefficient (Wildman–Crippen LogP) is 2.92. The number of nitrogens with zero attached hydrogens (tertiary/aromatic N) is 2. The fraction of sp³-hybridized carbons (Fsp3) is 0.238. The van der Waals surface area contributed by atoms with Crippen LogP contribution >= 0.6 is 0 Å². The van der Waals surface area contributed by atoms with E-state index in [4.69, 9.17) is 9.47 Å². The average Bonchev–Trinajstić information content (AvgIpc) is 3.16. The lowest BCUT2D eigenvalue weighted by Crippen LogP contribution is -2.39. The maximum atomic E-state index is 13.3. The van der Waals surface area contributed by atoms with Gasteiger partial charge >= 0.3 is 6.03 Å². The van der Waals surface area contributed by atoms with E-state index in [1.165, 1.54) is 12.1 Å². The summed E-state index contributed by atoms with van der Waals surface area (Å²) in [5.74, 6) is 1.69. The molecule has 1 aliphatic rings. The van der Waals surface area contributed by atoms with Crippen molar-refractivity contribution < 1.29 is 18.7 Å². The van der Waals surface area contributed by atoms with Crippen LogP contribution in [-0.2, 0) is 13.6 Å². The van der Waals surface area contributed by atoms with Crippen LogP contribution < -0.4 is 20.1 Å². The summed E-state index contributed by atoms with van der Waals surface area (Å²) in [7, 11) is 1.84. The second-order valence-electron chi connectivity index (χ2n) is 6.69. The summed E-state index contributed by atoms with van der Waals surface area (Å²) in [5.41, 5.74) is 1.62. The number of halogens is 1. The van der Waals surface area contributed by atoms with Crippen LogP contribution in [0.1, 0.15) is 23.0 Å². The van der Waals surface area contributed by atoms with E-state index in [1.807, 2.05) is 29.8 Å². The van der Waals surface area contributed by atoms with E-state index >= 15 is 0 Å². The zero-order chi connectivity index (χ0) is 20.2. The van der Waals surface area contributed by atoms with Gasteiger partial charge in [-0.15, -0.1) is 0 Å². The molecule has 3 aromatic rings. The van der Waals surface area contributed by atoms with Crippen molar-refractivity contribution in [3.8, 4) is 11.5 Å². The molecule has 1 atom stereocenters. The van der Waals surface area contributed by atoms with E-state index in [2.05, 4.69) is 15.6 Å². The van der Waals surface area contributed by atoms with Gasteiger partial charge in [0.05, 0.1) is 0 Å². The highest BCUT2D eigenvalue weighted by Crippen LogP contribution is 2.30. The van der Waals surface area contributed by atoms with Crippen LogP contribution in [0.25, 0.3) is 0 Å². The third kappa shape index (κ3) is 4.31. The maximum Gasteiger partial charge on any atom is 0.315 e. The lowest BCUT2D eigenvalue weighted by Gasteiger charge is -2.20. The summed E-state index contributed by atoms with van der Waals surface area (Å²) in [6.07, 6.45) is 3.45. The Balaban J connectivity index is 1.45. The second kappa shape index (κ2) is 8.22. The van der Waals surface area contributed by atoms with Crippen molar-refractivity contribution in [2.45, 2.75) is 12.6 Å². The smallest absolute Gasteiger partial charge is 0.315 e. The number of urea groups is 1. The molecule has 1 aliphatic heterocycles. The van der Waals surface area contributed by atoms with Crippen molar-refractivity contribution in [2.75, 3.05) is 13.2 Å². The number of fused-ring (bicyclic) bond motifs is 1. The topological polar surface area (TPSA) is 77.4 Å². The number of amides is 2. The molecule has 29 heavy (non-hydrogen) atoms. The third-order valence-corrected chi connectivity index (χ3v) is 4.66. The zero-order valence-corrected chi connectivity index (χ0v) is 15.9. The molecule has 2 heterocycles. The molecule has 2 aromatic carbocycles. The molecule has 2 N–H and O–H groups in total. The minimum Gasteiger partial charge on any atom is -0.486 e. The first kappa shape index (κ1) is 18.8. The number of nitrogens with one attached hydrogen (secondary N) is 2. The van der Waals surface area contributed by atoms with Crippen LogP contribution in [-0.4, -0.2) is 28.8 Å². The summed E-state index contributed by atoms with van der Waals surface area (Å²) in [4.78, 5) is 16.9. The fourth-order valence-electron chi connectivity index (χ4n) is 3.17. The van der Waals surface area contributed by atoms with E-state index in [0.29, 0.717) is 37.1 Å². The lowest BCUT2D eigenvalue weighted by atomic mass is 10.1. The molecule has 0 fully saturated rings. The Kier molecular flexibility index (Phi) is 5.33. The molecule has 150 valence electrons. The average molecular weight is 396 g/mol. The van der Waals surface area contributed by atoms with Crippen LogP contribution in [0.2, 0.25) is 0 Å². The normalized spacial score (nSPS) is 13.6. The molecule has 0 saturated carbocycles. The first-order valence-electron chi connectivity index (χ1n) is 9.26. The van der Waals surface area contributed by atoms with Gasteiger partial charge in [0.15, 0.2) is 11.5 Å². The van der Waals surface area contributed by atoms with Crippen LogP contribution in [0.15, 0.2) is 54.9 Å². The summed E-state index contributed by atoms with van der Waals surface area (Å²) in [6.45, 7) is 1.36. The van der Waals surface area contributed by atoms with E-state index in [-0.39, 0.29) is 11.8 Å². The van der Waals surface area contributed by atoms with Crippen LogP contribution in [0.3, 0.4) is 0 Å². The van der Waals surface area contributed by atoms with Gasteiger partial charge in [-0.3, -0.25) is 0 Å². The summed E-state index contributed by atoms with van der Waals surface area (Å²) in [6, 6.07) is 10.7.